The first-order valence-corrected chi connectivity index (χ1v) is 13.8. The fraction of sp³-hybridized carbons (Fsp3) is 0.135. The maximum absolute atomic E-state index is 2.40. The van der Waals surface area contributed by atoms with Gasteiger partial charge in [-0.3, -0.25) is 4.57 Å². The van der Waals surface area contributed by atoms with Crippen LogP contribution in [-0.4, -0.2) is 9.13 Å². The Morgan fingerprint density at radius 1 is 0.538 bits per heavy atom. The lowest BCUT2D eigenvalue weighted by Gasteiger charge is -2.22. The minimum absolute atomic E-state index is 0.113. The highest BCUT2D eigenvalue weighted by molar-refractivity contribution is 6.25. The average molecular weight is 503 g/mol. The predicted octanol–water partition coefficient (Wildman–Crippen LogP) is 9.98. The first-order chi connectivity index (χ1) is 18.9. The Balaban J connectivity index is 1.39. The van der Waals surface area contributed by atoms with Crippen LogP contribution in [0.3, 0.4) is 0 Å². The van der Waals surface area contributed by atoms with E-state index in [-0.39, 0.29) is 5.41 Å². The van der Waals surface area contributed by atoms with Gasteiger partial charge in [-0.05, 0) is 67.6 Å². The van der Waals surface area contributed by atoms with E-state index in [1.807, 2.05) is 0 Å². The lowest BCUT2D eigenvalue weighted by atomic mass is 9.83. The van der Waals surface area contributed by atoms with Gasteiger partial charge >= 0.3 is 0 Å². The van der Waals surface area contributed by atoms with Crippen LogP contribution in [0.2, 0.25) is 0 Å². The van der Waals surface area contributed by atoms with Crippen molar-refractivity contribution in [1.29, 1.82) is 0 Å². The molecule has 0 unspecified atom stereocenters. The Morgan fingerprint density at radius 2 is 1.13 bits per heavy atom. The van der Waals surface area contributed by atoms with E-state index in [0.29, 0.717) is 0 Å². The first kappa shape index (κ1) is 22.4. The van der Waals surface area contributed by atoms with E-state index < -0.39 is 0 Å². The molecule has 0 saturated carbocycles. The number of hydrogen-bond acceptors (Lipinski definition) is 0. The highest BCUT2D eigenvalue weighted by Crippen LogP contribution is 2.42. The summed E-state index contributed by atoms with van der Waals surface area (Å²) in [6, 6.07) is 40.6. The molecule has 2 aromatic heterocycles. The zero-order valence-corrected chi connectivity index (χ0v) is 22.8. The molecule has 0 spiro atoms. The molecule has 0 radical (unpaired) electrons. The molecule has 0 amide bonds. The van der Waals surface area contributed by atoms with Crippen LogP contribution in [0.1, 0.15) is 26.3 Å². The molecular formula is C37H30N2. The summed E-state index contributed by atoms with van der Waals surface area (Å²) in [7, 11) is 2.20. The van der Waals surface area contributed by atoms with Crippen LogP contribution in [0.4, 0.5) is 0 Å². The molecule has 2 heteroatoms. The summed E-state index contributed by atoms with van der Waals surface area (Å²) < 4.78 is 4.75. The Morgan fingerprint density at radius 3 is 1.79 bits per heavy atom. The van der Waals surface area contributed by atoms with Crippen LogP contribution < -0.4 is 0 Å². The molecule has 0 atom stereocenters. The summed E-state index contributed by atoms with van der Waals surface area (Å²) in [5.74, 6) is 1.17. The fourth-order valence-electron chi connectivity index (χ4n) is 6.64. The Hall–Kier alpha value is -4.56. The Kier molecular flexibility index (Phi) is 4.45. The zero-order chi connectivity index (χ0) is 26.5. The van der Waals surface area contributed by atoms with Crippen molar-refractivity contribution in [3.8, 4) is 17.1 Å². The highest BCUT2D eigenvalue weighted by atomic mass is 15.1. The number of benzene rings is 6. The molecule has 0 aliphatic rings. The third kappa shape index (κ3) is 3.09. The lowest BCUT2D eigenvalue weighted by molar-refractivity contribution is 0.591. The van der Waals surface area contributed by atoms with Crippen LogP contribution in [0.15, 0.2) is 109 Å². The molecule has 0 aliphatic heterocycles. The normalized spacial score (nSPS) is 12.6. The monoisotopic (exact) mass is 502 g/mol. The quantitative estimate of drug-likeness (QED) is 0.208. The molecule has 0 aliphatic carbocycles. The molecular weight excluding hydrogens is 472 g/mol. The number of rotatable bonds is 2. The second-order valence-electron chi connectivity index (χ2n) is 11.9. The van der Waals surface area contributed by atoms with Gasteiger partial charge in [0.15, 0.2) is 0 Å². The van der Waals surface area contributed by atoms with E-state index in [1.165, 1.54) is 76.8 Å². The molecule has 39 heavy (non-hydrogen) atoms. The van der Waals surface area contributed by atoms with Gasteiger partial charge in [-0.25, -0.2) is 0 Å². The van der Waals surface area contributed by atoms with Gasteiger partial charge in [0, 0.05) is 23.4 Å². The number of nitrogens with zero attached hydrogens (tertiary/aromatic N) is 2. The lowest BCUT2D eigenvalue weighted by Crippen LogP contribution is -2.10. The standard InChI is InChI=1S/C37H30N2/c1-37(2,3)26-21-24-14-13-23-15-17-29(30-18-16-25(22-26)35(24)36(23)30)31-19-20-34(38(31)4)39-32-11-7-5-9-27(32)28-10-6-8-12-33(28)39/h5-22H,1-4H3. The van der Waals surface area contributed by atoms with Crippen molar-refractivity contribution in [2.45, 2.75) is 26.2 Å². The Bertz CT molecular complexity index is 2140. The van der Waals surface area contributed by atoms with E-state index in [4.69, 9.17) is 0 Å². The van der Waals surface area contributed by atoms with Crippen LogP contribution in [0, 0.1) is 0 Å². The maximum atomic E-state index is 2.40. The molecule has 188 valence electrons. The van der Waals surface area contributed by atoms with Crippen molar-refractivity contribution < 1.29 is 0 Å². The fourth-order valence-corrected chi connectivity index (χ4v) is 6.64. The van der Waals surface area contributed by atoms with Crippen LogP contribution in [0.5, 0.6) is 0 Å². The average Bonchev–Trinajstić information content (AvgIpc) is 3.48. The van der Waals surface area contributed by atoms with E-state index in [1.54, 1.807) is 0 Å². The highest BCUT2D eigenvalue weighted by Gasteiger charge is 2.20. The third-order valence-corrected chi connectivity index (χ3v) is 8.65. The van der Waals surface area contributed by atoms with Gasteiger partial charge in [-0.1, -0.05) is 106 Å². The summed E-state index contributed by atoms with van der Waals surface area (Å²) in [6.07, 6.45) is 0. The van der Waals surface area contributed by atoms with Gasteiger partial charge in [0.05, 0.1) is 16.7 Å². The van der Waals surface area contributed by atoms with Gasteiger partial charge in [0.2, 0.25) is 0 Å². The largest absolute Gasteiger partial charge is 0.330 e. The zero-order valence-electron chi connectivity index (χ0n) is 22.8. The molecule has 0 bridgehead atoms. The molecule has 6 aromatic carbocycles. The molecule has 0 saturated heterocycles. The van der Waals surface area contributed by atoms with Gasteiger partial charge < -0.3 is 4.57 Å². The van der Waals surface area contributed by atoms with Crippen molar-refractivity contribution in [3.05, 3.63) is 115 Å². The number of para-hydroxylation sites is 2. The second-order valence-corrected chi connectivity index (χ2v) is 11.9. The molecule has 2 nitrogen and oxygen atoms in total. The number of aromatic nitrogens is 2. The van der Waals surface area contributed by atoms with Crippen molar-refractivity contribution in [3.63, 3.8) is 0 Å². The second kappa shape index (κ2) is 7.74. The third-order valence-electron chi connectivity index (χ3n) is 8.65. The summed E-state index contributed by atoms with van der Waals surface area (Å²) in [5, 5.41) is 10.6. The molecule has 8 rings (SSSR count). The molecule has 8 aromatic rings. The van der Waals surface area contributed by atoms with Crippen LogP contribution >= 0.6 is 0 Å². The van der Waals surface area contributed by atoms with E-state index in [9.17, 15) is 0 Å². The molecule has 0 fully saturated rings. The van der Waals surface area contributed by atoms with Crippen molar-refractivity contribution in [2.75, 3.05) is 0 Å². The van der Waals surface area contributed by atoms with Gasteiger partial charge in [-0.2, -0.15) is 0 Å². The number of hydrogen-bond donors (Lipinski definition) is 0. The van der Waals surface area contributed by atoms with E-state index in [0.717, 1.165) is 0 Å². The molecule has 0 N–H and O–H groups in total. The number of fused-ring (bicyclic) bond motifs is 3. The minimum atomic E-state index is 0.113. The van der Waals surface area contributed by atoms with Crippen LogP contribution in [0.25, 0.3) is 71.2 Å². The van der Waals surface area contributed by atoms with Crippen LogP contribution in [-0.2, 0) is 12.5 Å². The smallest absolute Gasteiger partial charge is 0.117 e. The van der Waals surface area contributed by atoms with E-state index >= 15 is 0 Å². The van der Waals surface area contributed by atoms with Crippen molar-refractivity contribution in [2.24, 2.45) is 7.05 Å². The van der Waals surface area contributed by atoms with Crippen molar-refractivity contribution >= 4 is 54.1 Å². The SMILES string of the molecule is Cn1c(-c2ccc3ccc4cc(C(C)(C)C)cc5ccc2c3c45)ccc1-n1c2ccccc2c2ccccc21. The van der Waals surface area contributed by atoms with Gasteiger partial charge in [0.25, 0.3) is 0 Å². The van der Waals surface area contributed by atoms with E-state index in [2.05, 4.69) is 146 Å². The summed E-state index contributed by atoms with van der Waals surface area (Å²) in [5.41, 5.74) is 6.45. The van der Waals surface area contributed by atoms with Gasteiger partial charge in [-0.15, -0.1) is 0 Å². The van der Waals surface area contributed by atoms with Crippen molar-refractivity contribution in [1.82, 2.24) is 9.13 Å². The Labute approximate surface area is 228 Å². The topological polar surface area (TPSA) is 9.86 Å². The minimum Gasteiger partial charge on any atom is -0.330 e. The summed E-state index contributed by atoms with van der Waals surface area (Å²) in [4.78, 5) is 0. The maximum Gasteiger partial charge on any atom is 0.117 e. The molecule has 2 heterocycles. The summed E-state index contributed by atoms with van der Waals surface area (Å²) >= 11 is 0. The summed E-state index contributed by atoms with van der Waals surface area (Å²) in [6.45, 7) is 6.88. The van der Waals surface area contributed by atoms with Gasteiger partial charge in [0.1, 0.15) is 5.82 Å². The predicted molar refractivity (Wildman–Crippen MR) is 168 cm³/mol. The first-order valence-electron chi connectivity index (χ1n) is 13.8.